The number of methoxy groups -OCH3 is 6. The molecule has 4 fully saturated rings. The first-order valence-corrected chi connectivity index (χ1v) is 32.8. The second-order valence-corrected chi connectivity index (χ2v) is 26.4. The maximum atomic E-state index is 11.9. The third kappa shape index (κ3) is 26.2. The quantitative estimate of drug-likeness (QED) is 0.107. The van der Waals surface area contributed by atoms with Gasteiger partial charge in [-0.15, -0.1) is 0 Å². The molecule has 2 N–H and O–H groups in total. The van der Waals surface area contributed by atoms with E-state index in [4.69, 9.17) is 28.8 Å². The lowest BCUT2D eigenvalue weighted by Gasteiger charge is -2.28. The van der Waals surface area contributed by atoms with Gasteiger partial charge in [-0.2, -0.15) is 0 Å². The summed E-state index contributed by atoms with van der Waals surface area (Å²) < 4.78 is 38.2. The van der Waals surface area contributed by atoms with E-state index in [-0.39, 0.29) is 96.0 Å². The normalized spacial score (nSPS) is 20.9. The number of aliphatic carboxylic acids is 1. The first kappa shape index (κ1) is 84.7. The fourth-order valence-electron chi connectivity index (χ4n) is 11.5. The van der Waals surface area contributed by atoms with E-state index in [9.17, 15) is 52.7 Å². The van der Waals surface area contributed by atoms with Crippen molar-refractivity contribution in [2.45, 2.75) is 197 Å². The summed E-state index contributed by atoms with van der Waals surface area (Å²) in [5.41, 5.74) is 4.43. The van der Waals surface area contributed by atoms with Crippen LogP contribution >= 0.6 is 0 Å². The molecule has 97 heavy (non-hydrogen) atoms. The first-order chi connectivity index (χ1) is 45.3. The number of hydrogen-bond donors (Lipinski definition) is 2. The molecule has 8 atom stereocenters. The van der Waals surface area contributed by atoms with E-state index in [0.717, 1.165) is 61.4 Å². The van der Waals surface area contributed by atoms with Gasteiger partial charge in [0.1, 0.15) is 34.6 Å². The third-order valence-corrected chi connectivity index (χ3v) is 17.5. The minimum absolute atomic E-state index is 0.0700. The standard InChI is InChI=1S/2C15H19NO2.C12H21NO4.C11H19NO4.C7H13NO2.C7H10O3.C5H8O3/c2*1-11(13-7-5-4-6-8-13)16-10-9-14(12(16)2)15(17)18-3;1-8-9(10(14)16-5)6-7-13(8)11(15)17-12(2,3)4;1-7-8(9(13)14)5-6-12(7)10(15)16-11(2,3)4;1-5-6(3-4-8-5)7(9)10-2;1-5(8)7(3-4-7)6(9)10-2;1-4(6)3-5(7)8-2/h2*4-8,11H,9-10H2,1-3H3;8-9H,6-7H2,1-5H3;7-8H,5-6H2,1-4H3,(H,13,14);5-6,8H,3-4H2,1-2H3;3-4H2,1-2H3;3H2,1-2H3/t2*11-;8-,9-;7-,8-;5-,6-;;/m00000../s1. The van der Waals surface area contributed by atoms with Crippen molar-refractivity contribution >= 4 is 65.5 Å². The summed E-state index contributed by atoms with van der Waals surface area (Å²) in [5.74, 6) is -3.33. The molecule has 0 radical (unpaired) electrons. The Balaban J connectivity index is 0.000000392. The summed E-state index contributed by atoms with van der Waals surface area (Å²) in [6.45, 7) is 31.2. The summed E-state index contributed by atoms with van der Waals surface area (Å²) >= 11 is 0. The molecule has 1 aliphatic carbocycles. The molecular formula is C72H109N5O20. The Hall–Kier alpha value is -8.35. The fraction of sp³-hybridized carbons (Fsp3) is 0.625. The van der Waals surface area contributed by atoms with Crippen LogP contribution in [-0.2, 0) is 81.0 Å². The predicted octanol–water partition coefficient (Wildman–Crippen LogP) is 10.1. The summed E-state index contributed by atoms with van der Waals surface area (Å²) in [4.78, 5) is 130. The highest BCUT2D eigenvalue weighted by molar-refractivity contribution is 6.05. The van der Waals surface area contributed by atoms with Gasteiger partial charge in [0.25, 0.3) is 0 Å². The number of ketones is 2. The zero-order chi connectivity index (χ0) is 73.9. The van der Waals surface area contributed by atoms with Crippen molar-refractivity contribution in [3.8, 4) is 0 Å². The molecule has 0 bridgehead atoms. The number of benzene rings is 2. The molecule has 3 saturated heterocycles. The van der Waals surface area contributed by atoms with Crippen molar-refractivity contribution < 1.29 is 95.7 Å². The minimum Gasteiger partial charge on any atom is -0.481 e. The Morgan fingerprint density at radius 2 is 0.938 bits per heavy atom. The van der Waals surface area contributed by atoms with E-state index in [1.54, 1.807) is 32.6 Å². The number of rotatable bonds is 13. The number of amides is 2. The summed E-state index contributed by atoms with van der Waals surface area (Å²) in [5, 5.41) is 12.1. The Kier molecular flexibility index (Phi) is 34.7. The highest BCUT2D eigenvalue weighted by atomic mass is 16.6. The number of carboxylic acid groups (broad SMARTS) is 1. The number of esters is 6. The smallest absolute Gasteiger partial charge is 0.410 e. The molecule has 2 amide bonds. The number of nitrogens with one attached hydrogen (secondary N) is 1. The molecule has 5 heterocycles. The van der Waals surface area contributed by atoms with E-state index in [1.807, 2.05) is 84.9 Å². The van der Waals surface area contributed by atoms with Gasteiger partial charge in [0, 0.05) is 55.7 Å². The number of carboxylic acids is 1. The zero-order valence-corrected chi connectivity index (χ0v) is 61.1. The van der Waals surface area contributed by atoms with Crippen LogP contribution in [0.3, 0.4) is 0 Å². The Bertz CT molecular complexity index is 2950. The van der Waals surface area contributed by atoms with Gasteiger partial charge in [0.15, 0.2) is 0 Å². The van der Waals surface area contributed by atoms with Crippen LogP contribution in [-0.4, -0.2) is 195 Å². The van der Waals surface area contributed by atoms with Crippen molar-refractivity contribution in [3.63, 3.8) is 0 Å². The maximum Gasteiger partial charge on any atom is 0.410 e. The SMILES string of the molecule is COC(=O)C1(C(C)=O)CC1.COC(=O)C1=C(C)N([C@@H](C)c2ccccc2)CC1.COC(=O)C1=C(C)N([C@@H](C)c2ccccc2)CC1.COC(=O)CC(C)=O.COC(=O)[C@H]1CCN(C(=O)OC(C)(C)C)[C@H]1C.COC(=O)[C@H]1CCN[C@H]1C.C[C@H]1[C@@H](C(=O)O)CCN1C(=O)OC(C)(C)C. The van der Waals surface area contributed by atoms with Crippen LogP contribution in [0.4, 0.5) is 9.59 Å². The van der Waals surface area contributed by atoms with Crippen molar-refractivity contribution in [1.82, 2.24) is 24.9 Å². The molecule has 0 spiro atoms. The van der Waals surface area contributed by atoms with Crippen molar-refractivity contribution in [3.05, 3.63) is 94.3 Å². The predicted molar refractivity (Wildman–Crippen MR) is 362 cm³/mol. The van der Waals surface area contributed by atoms with Crippen LogP contribution in [0.25, 0.3) is 0 Å². The van der Waals surface area contributed by atoms with Crippen LogP contribution in [0.5, 0.6) is 0 Å². The second-order valence-electron chi connectivity index (χ2n) is 26.4. The topological polar surface area (TPSA) is 307 Å². The highest BCUT2D eigenvalue weighted by Crippen LogP contribution is 2.47. The monoisotopic (exact) mass is 1360 g/mol. The lowest BCUT2D eigenvalue weighted by Crippen LogP contribution is -2.41. The van der Waals surface area contributed by atoms with Gasteiger partial charge in [-0.25, -0.2) is 19.2 Å². The second kappa shape index (κ2) is 39.8. The van der Waals surface area contributed by atoms with E-state index in [0.29, 0.717) is 38.8 Å². The molecule has 0 aromatic heterocycles. The van der Waals surface area contributed by atoms with Crippen LogP contribution in [0.15, 0.2) is 83.2 Å². The Morgan fingerprint density at radius 1 is 0.546 bits per heavy atom. The molecule has 8 rings (SSSR count). The molecule has 25 nitrogen and oxygen atoms in total. The Labute approximate surface area is 573 Å². The third-order valence-electron chi connectivity index (χ3n) is 17.5. The number of hydrogen-bond acceptors (Lipinski definition) is 22. The van der Waals surface area contributed by atoms with Gasteiger partial charge < -0.3 is 67.9 Å². The average molecular weight is 1360 g/mol. The molecule has 542 valence electrons. The molecule has 5 aliphatic heterocycles. The molecule has 0 unspecified atom stereocenters. The van der Waals surface area contributed by atoms with Crippen LogP contribution in [0, 0.1) is 23.2 Å². The average Bonchev–Trinajstić information content (AvgIpc) is 1.61. The van der Waals surface area contributed by atoms with Gasteiger partial charge in [0.05, 0.1) is 83.6 Å². The maximum absolute atomic E-state index is 11.9. The number of carbonyl (C=O) groups is 11. The molecule has 2 aromatic carbocycles. The van der Waals surface area contributed by atoms with Gasteiger partial charge >= 0.3 is 54.0 Å². The van der Waals surface area contributed by atoms with Crippen LogP contribution in [0.2, 0.25) is 0 Å². The van der Waals surface area contributed by atoms with Gasteiger partial charge in [0.2, 0.25) is 0 Å². The lowest BCUT2D eigenvalue weighted by molar-refractivity contribution is -0.151. The number of allylic oxidation sites excluding steroid dienone is 2. The van der Waals surface area contributed by atoms with Crippen molar-refractivity contribution in [2.75, 3.05) is 75.4 Å². The Morgan fingerprint density at radius 3 is 1.22 bits per heavy atom. The summed E-state index contributed by atoms with van der Waals surface area (Å²) in [7, 11) is 8.24. The molecule has 6 aliphatic rings. The highest BCUT2D eigenvalue weighted by Gasteiger charge is 2.55. The zero-order valence-electron chi connectivity index (χ0n) is 61.1. The molecule has 2 aromatic rings. The van der Waals surface area contributed by atoms with Crippen LogP contribution in [0.1, 0.15) is 178 Å². The van der Waals surface area contributed by atoms with E-state index in [2.05, 4.69) is 67.4 Å². The number of carbonyl (C=O) groups excluding carboxylic acids is 10. The van der Waals surface area contributed by atoms with E-state index >= 15 is 0 Å². The van der Waals surface area contributed by atoms with Crippen molar-refractivity contribution in [1.29, 1.82) is 0 Å². The largest absolute Gasteiger partial charge is 0.481 e. The molecule has 1 saturated carbocycles. The van der Waals surface area contributed by atoms with Gasteiger partial charge in [-0.3, -0.25) is 33.6 Å². The van der Waals surface area contributed by atoms with E-state index < -0.39 is 40.6 Å². The van der Waals surface area contributed by atoms with Crippen LogP contribution < -0.4 is 5.32 Å². The molecular weight excluding hydrogens is 1250 g/mol. The summed E-state index contributed by atoms with van der Waals surface area (Å²) in [6.07, 6.45) is 4.00. The van der Waals surface area contributed by atoms with Gasteiger partial charge in [-0.05, 0) is 166 Å². The number of ether oxygens (including phenoxy) is 8. The first-order valence-electron chi connectivity index (χ1n) is 32.8. The number of nitrogens with zero attached hydrogens (tertiary/aromatic N) is 4. The number of Topliss-reactive ketones (excluding diaryl/α,β-unsaturated/α-hetero) is 2. The number of likely N-dealkylation sites (tertiary alicyclic amines) is 2. The lowest BCUT2D eigenvalue weighted by atomic mass is 10.0. The minimum atomic E-state index is -0.849. The summed E-state index contributed by atoms with van der Waals surface area (Å²) in [6, 6.07) is 21.1. The van der Waals surface area contributed by atoms with Crippen molar-refractivity contribution in [2.24, 2.45) is 23.2 Å². The molecule has 25 heteroatoms. The fourth-order valence-corrected chi connectivity index (χ4v) is 11.5. The van der Waals surface area contributed by atoms with E-state index in [1.165, 1.54) is 72.5 Å². The van der Waals surface area contributed by atoms with Gasteiger partial charge in [-0.1, -0.05) is 60.7 Å².